The fourth-order valence-electron chi connectivity index (χ4n) is 6.89. The highest BCUT2D eigenvalue weighted by molar-refractivity contribution is 5.23. The Morgan fingerprint density at radius 2 is 1.76 bits per heavy atom. The molecule has 4 aliphatic rings. The van der Waals surface area contributed by atoms with E-state index in [4.69, 9.17) is 15.9 Å². The van der Waals surface area contributed by atoms with E-state index in [-0.39, 0.29) is 11.7 Å². The van der Waals surface area contributed by atoms with Crippen LogP contribution < -0.4 is 0 Å². The van der Waals surface area contributed by atoms with Crippen LogP contribution in [0.3, 0.4) is 0 Å². The van der Waals surface area contributed by atoms with Gasteiger partial charge in [0.1, 0.15) is 0 Å². The van der Waals surface area contributed by atoms with Crippen LogP contribution in [0.2, 0.25) is 0 Å². The average molecular weight is 288 g/mol. The average Bonchev–Trinajstić information content (AvgIpc) is 2.92. The van der Waals surface area contributed by atoms with Gasteiger partial charge in [-0.05, 0) is 67.1 Å². The smallest absolute Gasteiger partial charge is 0.231 e. The topological polar surface area (TPSA) is 18.5 Å². The highest BCUT2D eigenvalue weighted by Crippen LogP contribution is 2.75. The molecule has 2 heteroatoms. The zero-order chi connectivity index (χ0) is 15.3. The summed E-state index contributed by atoms with van der Waals surface area (Å²) in [4.78, 5) is 0. The third kappa shape index (κ3) is 1.43. The van der Waals surface area contributed by atoms with Crippen LogP contribution in [0.15, 0.2) is 0 Å². The molecule has 4 rings (SSSR count). The number of hydrogen-bond donors (Lipinski definition) is 0. The van der Waals surface area contributed by atoms with Gasteiger partial charge in [-0.1, -0.05) is 20.8 Å². The molecule has 3 saturated carbocycles. The van der Waals surface area contributed by atoms with E-state index in [1.165, 1.54) is 19.3 Å². The van der Waals surface area contributed by atoms with Crippen molar-refractivity contribution in [2.45, 2.75) is 77.8 Å². The highest BCUT2D eigenvalue weighted by Gasteiger charge is 2.74. The van der Waals surface area contributed by atoms with Crippen molar-refractivity contribution in [3.8, 4) is 12.3 Å². The zero-order valence-electron chi connectivity index (χ0n) is 14.0. The molecule has 1 saturated heterocycles. The van der Waals surface area contributed by atoms with Gasteiger partial charge in [0.15, 0.2) is 0 Å². The van der Waals surface area contributed by atoms with Crippen molar-refractivity contribution >= 4 is 0 Å². The second-order valence-electron chi connectivity index (χ2n) is 9.03. The van der Waals surface area contributed by atoms with Gasteiger partial charge in [-0.3, -0.25) is 0 Å². The van der Waals surface area contributed by atoms with Crippen LogP contribution in [-0.4, -0.2) is 17.5 Å². The lowest BCUT2D eigenvalue weighted by atomic mass is 9.63. The second-order valence-corrected chi connectivity index (χ2v) is 9.03. The summed E-state index contributed by atoms with van der Waals surface area (Å²) in [6, 6.07) is 0. The summed E-state index contributed by atoms with van der Waals surface area (Å²) in [5, 5.41) is 0. The van der Waals surface area contributed by atoms with Crippen LogP contribution in [0.4, 0.5) is 0 Å². The van der Waals surface area contributed by atoms with E-state index in [0.29, 0.717) is 16.7 Å². The van der Waals surface area contributed by atoms with Crippen molar-refractivity contribution in [1.82, 2.24) is 0 Å². The summed E-state index contributed by atoms with van der Waals surface area (Å²) in [5.41, 5.74) is 0.555. The maximum Gasteiger partial charge on any atom is 0.231 e. The molecule has 21 heavy (non-hydrogen) atoms. The van der Waals surface area contributed by atoms with Crippen molar-refractivity contribution in [2.75, 3.05) is 0 Å². The minimum absolute atomic E-state index is 0.155. The number of terminal acetylenes is 1. The van der Waals surface area contributed by atoms with E-state index in [1.54, 1.807) is 0 Å². The molecule has 0 N–H and O–H groups in total. The fraction of sp³-hybridized carbons (Fsp3) is 0.895. The minimum atomic E-state index is -0.839. The van der Waals surface area contributed by atoms with Crippen LogP contribution in [0.5, 0.6) is 0 Å². The molecule has 1 spiro atoms. The predicted octanol–water partition coefficient (Wildman–Crippen LogP) is 3.99. The Bertz CT molecular complexity index is 532. The molecule has 0 amide bonds. The third-order valence-corrected chi connectivity index (χ3v) is 7.88. The number of fused-ring (bicyclic) bond motifs is 3. The first-order valence-electron chi connectivity index (χ1n) is 8.54. The van der Waals surface area contributed by atoms with Crippen LogP contribution in [0.25, 0.3) is 0 Å². The van der Waals surface area contributed by atoms with E-state index in [0.717, 1.165) is 18.3 Å². The second kappa shape index (κ2) is 3.69. The molecule has 2 nitrogen and oxygen atoms in total. The van der Waals surface area contributed by atoms with Gasteiger partial charge in [0.2, 0.25) is 5.79 Å². The Balaban J connectivity index is 1.82. The van der Waals surface area contributed by atoms with Crippen molar-refractivity contribution in [3.05, 3.63) is 0 Å². The first-order valence-corrected chi connectivity index (χ1v) is 8.54. The largest absolute Gasteiger partial charge is 0.333 e. The lowest BCUT2D eigenvalue weighted by Crippen LogP contribution is -2.52. The molecule has 0 aromatic heterocycles. The highest BCUT2D eigenvalue weighted by atomic mass is 16.8. The van der Waals surface area contributed by atoms with Gasteiger partial charge in [0.05, 0.1) is 11.7 Å². The van der Waals surface area contributed by atoms with Gasteiger partial charge >= 0.3 is 0 Å². The lowest BCUT2D eigenvalue weighted by molar-refractivity contribution is -0.152. The first-order chi connectivity index (χ1) is 9.68. The Labute approximate surface area is 129 Å². The van der Waals surface area contributed by atoms with Crippen LogP contribution in [0, 0.1) is 40.9 Å². The molecule has 1 heterocycles. The summed E-state index contributed by atoms with van der Waals surface area (Å²) < 4.78 is 12.7. The Morgan fingerprint density at radius 1 is 1.05 bits per heavy atom. The number of rotatable bonds is 0. The Morgan fingerprint density at radius 3 is 2.43 bits per heavy atom. The molecule has 0 aromatic rings. The third-order valence-electron chi connectivity index (χ3n) is 7.88. The molecule has 7 unspecified atom stereocenters. The standard InChI is InChI=1S/C19H28O2/c1-7-17(5)20-15-11-19-10-14(18(15,6)21-17)16(3,4)13(19)9-8-12(19)2/h1,12-15H,8-11H2,2-6H3. The summed E-state index contributed by atoms with van der Waals surface area (Å²) in [7, 11) is 0. The van der Waals surface area contributed by atoms with E-state index in [9.17, 15) is 0 Å². The van der Waals surface area contributed by atoms with Gasteiger partial charge in [-0.15, -0.1) is 6.42 Å². The molecule has 4 fully saturated rings. The maximum absolute atomic E-state index is 6.39. The zero-order valence-corrected chi connectivity index (χ0v) is 14.0. The maximum atomic E-state index is 6.39. The summed E-state index contributed by atoms with van der Waals surface area (Å²) in [6.07, 6.45) is 11.0. The number of hydrogen-bond acceptors (Lipinski definition) is 2. The quantitative estimate of drug-likeness (QED) is 0.627. The lowest BCUT2D eigenvalue weighted by Gasteiger charge is -2.47. The van der Waals surface area contributed by atoms with Gasteiger partial charge in [0.25, 0.3) is 0 Å². The Kier molecular flexibility index (Phi) is 2.47. The van der Waals surface area contributed by atoms with Crippen LogP contribution in [0.1, 0.15) is 60.3 Å². The van der Waals surface area contributed by atoms with E-state index in [2.05, 4.69) is 33.6 Å². The molecule has 0 aromatic carbocycles. The normalized spacial score (nSPS) is 60.4. The Hall–Kier alpha value is -0.520. The first kappa shape index (κ1) is 14.1. The van der Waals surface area contributed by atoms with E-state index >= 15 is 0 Å². The van der Waals surface area contributed by atoms with E-state index < -0.39 is 5.79 Å². The van der Waals surface area contributed by atoms with Gasteiger partial charge in [-0.2, -0.15) is 0 Å². The van der Waals surface area contributed by atoms with Crippen LogP contribution in [-0.2, 0) is 9.47 Å². The SMILES string of the molecule is C#CC1(C)OC2CC34CC(C(C)(C)C3CCC4C)C2(C)O1. The van der Waals surface area contributed by atoms with Gasteiger partial charge in [-0.25, -0.2) is 0 Å². The number of ether oxygens (including phenoxy) is 2. The van der Waals surface area contributed by atoms with Crippen LogP contribution >= 0.6 is 0 Å². The van der Waals surface area contributed by atoms with E-state index in [1.807, 2.05) is 6.92 Å². The molecule has 2 bridgehead atoms. The predicted molar refractivity (Wildman–Crippen MR) is 82.4 cm³/mol. The summed E-state index contributed by atoms with van der Waals surface area (Å²) >= 11 is 0. The monoisotopic (exact) mass is 288 g/mol. The van der Waals surface area contributed by atoms with Gasteiger partial charge in [0, 0.05) is 6.92 Å². The molecule has 1 aliphatic heterocycles. The minimum Gasteiger partial charge on any atom is -0.333 e. The fourth-order valence-corrected chi connectivity index (χ4v) is 6.89. The van der Waals surface area contributed by atoms with Crippen molar-refractivity contribution < 1.29 is 9.47 Å². The summed E-state index contributed by atoms with van der Waals surface area (Å²) in [5.74, 6) is 4.06. The molecular weight excluding hydrogens is 260 g/mol. The van der Waals surface area contributed by atoms with Gasteiger partial charge < -0.3 is 9.47 Å². The van der Waals surface area contributed by atoms with Crippen molar-refractivity contribution in [2.24, 2.45) is 28.6 Å². The molecule has 3 aliphatic carbocycles. The van der Waals surface area contributed by atoms with Crippen molar-refractivity contribution in [3.63, 3.8) is 0 Å². The van der Waals surface area contributed by atoms with Crippen molar-refractivity contribution in [1.29, 1.82) is 0 Å². The molecule has 7 atom stereocenters. The molecular formula is C19H28O2. The molecule has 0 radical (unpaired) electrons. The molecule has 116 valence electrons. The summed E-state index contributed by atoms with van der Waals surface area (Å²) in [6.45, 7) is 11.5.